The average molecular weight is 410 g/mol. The monoisotopic (exact) mass is 409 g/mol. The second kappa shape index (κ2) is 8.33. The quantitative estimate of drug-likeness (QED) is 0.767. The minimum atomic E-state index is -0.0981. The van der Waals surface area contributed by atoms with Crippen molar-refractivity contribution < 1.29 is 9.59 Å². The SMILES string of the molecule is O=C(CN1C(=O)CC[C@]12CCCN(Cc1ccc3c(c1)CCC3)CC2)N1CCCC1. The largest absolute Gasteiger partial charge is 0.341 e. The van der Waals surface area contributed by atoms with Crippen LogP contribution >= 0.6 is 0 Å². The number of nitrogens with zero attached hydrogens (tertiary/aromatic N) is 3. The molecule has 3 saturated heterocycles. The molecule has 1 aromatic carbocycles. The lowest BCUT2D eigenvalue weighted by molar-refractivity contribution is -0.141. The highest BCUT2D eigenvalue weighted by Crippen LogP contribution is 2.39. The van der Waals surface area contributed by atoms with Crippen molar-refractivity contribution in [3.63, 3.8) is 0 Å². The van der Waals surface area contributed by atoms with Crippen LogP contribution in [0.3, 0.4) is 0 Å². The van der Waals surface area contributed by atoms with Crippen molar-refractivity contribution in [3.05, 3.63) is 34.9 Å². The molecular formula is C25H35N3O2. The van der Waals surface area contributed by atoms with E-state index in [2.05, 4.69) is 23.1 Å². The smallest absolute Gasteiger partial charge is 0.242 e. The first-order valence-electron chi connectivity index (χ1n) is 12.0. The van der Waals surface area contributed by atoms with Crippen molar-refractivity contribution >= 4 is 11.8 Å². The number of carbonyl (C=O) groups is 2. The van der Waals surface area contributed by atoms with Crippen molar-refractivity contribution in [2.45, 2.75) is 76.3 Å². The van der Waals surface area contributed by atoms with Crippen LogP contribution in [0.4, 0.5) is 0 Å². The van der Waals surface area contributed by atoms with Gasteiger partial charge in [0.1, 0.15) is 6.54 Å². The lowest BCUT2D eigenvalue weighted by Gasteiger charge is -2.38. The molecule has 5 nitrogen and oxygen atoms in total. The van der Waals surface area contributed by atoms with Gasteiger partial charge in [0.05, 0.1) is 0 Å². The zero-order valence-corrected chi connectivity index (χ0v) is 18.2. The Balaban J connectivity index is 1.24. The van der Waals surface area contributed by atoms with Crippen molar-refractivity contribution in [2.24, 2.45) is 0 Å². The van der Waals surface area contributed by atoms with Gasteiger partial charge in [0.25, 0.3) is 0 Å². The van der Waals surface area contributed by atoms with Crippen LogP contribution in [0.2, 0.25) is 0 Å². The molecule has 162 valence electrons. The Morgan fingerprint density at radius 1 is 0.867 bits per heavy atom. The summed E-state index contributed by atoms with van der Waals surface area (Å²) in [5, 5.41) is 0. The van der Waals surface area contributed by atoms with Crippen LogP contribution in [0.25, 0.3) is 0 Å². The lowest BCUT2D eigenvalue weighted by atomic mass is 9.87. The molecule has 0 unspecified atom stereocenters. The Kier molecular flexibility index (Phi) is 5.57. The van der Waals surface area contributed by atoms with Gasteiger partial charge in [-0.15, -0.1) is 0 Å². The van der Waals surface area contributed by atoms with Crippen molar-refractivity contribution in [3.8, 4) is 0 Å². The van der Waals surface area contributed by atoms with Gasteiger partial charge in [-0.1, -0.05) is 18.2 Å². The van der Waals surface area contributed by atoms with Gasteiger partial charge in [0.2, 0.25) is 11.8 Å². The summed E-state index contributed by atoms with van der Waals surface area (Å²) < 4.78 is 0. The first-order chi connectivity index (χ1) is 14.6. The maximum atomic E-state index is 12.8. The number of rotatable bonds is 4. The van der Waals surface area contributed by atoms with E-state index in [1.807, 2.05) is 9.80 Å². The fourth-order valence-corrected chi connectivity index (χ4v) is 6.23. The standard InChI is InChI=1S/C25H35N3O2/c29-23-9-11-25(28(23)19-24(30)27-14-1-2-15-27)10-4-13-26(16-12-25)18-20-7-8-21-5-3-6-22(21)17-20/h7-8,17H,1-6,9-16,18-19H2/t25-/m0/s1. The van der Waals surface area contributed by atoms with Gasteiger partial charge in [0.15, 0.2) is 0 Å². The van der Waals surface area contributed by atoms with Gasteiger partial charge in [-0.2, -0.15) is 0 Å². The number of fused-ring (bicyclic) bond motifs is 1. The summed E-state index contributed by atoms with van der Waals surface area (Å²) in [7, 11) is 0. The summed E-state index contributed by atoms with van der Waals surface area (Å²) in [6.07, 6.45) is 10.6. The molecule has 1 aromatic rings. The molecule has 0 N–H and O–H groups in total. The van der Waals surface area contributed by atoms with Gasteiger partial charge < -0.3 is 9.80 Å². The zero-order valence-electron chi connectivity index (χ0n) is 18.2. The van der Waals surface area contributed by atoms with Crippen LogP contribution in [0.15, 0.2) is 18.2 Å². The van der Waals surface area contributed by atoms with E-state index >= 15 is 0 Å². The Morgan fingerprint density at radius 2 is 1.70 bits per heavy atom. The molecule has 1 aliphatic carbocycles. The Labute approximate surface area is 180 Å². The highest BCUT2D eigenvalue weighted by molar-refractivity contribution is 5.87. The minimum Gasteiger partial charge on any atom is -0.341 e. The molecule has 0 aromatic heterocycles. The molecule has 1 atom stereocenters. The molecule has 5 rings (SSSR count). The molecular weight excluding hydrogens is 374 g/mol. The maximum absolute atomic E-state index is 12.8. The fourth-order valence-electron chi connectivity index (χ4n) is 6.23. The van der Waals surface area contributed by atoms with E-state index in [0.29, 0.717) is 13.0 Å². The number of likely N-dealkylation sites (tertiary alicyclic amines) is 3. The molecule has 5 heteroatoms. The Morgan fingerprint density at radius 3 is 2.57 bits per heavy atom. The van der Waals surface area contributed by atoms with Crippen LogP contribution in [0.5, 0.6) is 0 Å². The van der Waals surface area contributed by atoms with Crippen molar-refractivity contribution in [1.29, 1.82) is 0 Å². The Hall–Kier alpha value is -1.88. The average Bonchev–Trinajstić information content (AvgIpc) is 3.46. The molecule has 0 saturated carbocycles. The second-order valence-corrected chi connectivity index (χ2v) is 9.88. The van der Waals surface area contributed by atoms with Gasteiger partial charge in [-0.05, 0) is 81.0 Å². The number of amides is 2. The first kappa shape index (κ1) is 20.0. The van der Waals surface area contributed by atoms with Gasteiger partial charge in [-0.3, -0.25) is 14.5 Å². The molecule has 1 spiro atoms. The summed E-state index contributed by atoms with van der Waals surface area (Å²) >= 11 is 0. The summed E-state index contributed by atoms with van der Waals surface area (Å²) in [4.78, 5) is 32.0. The van der Waals surface area contributed by atoms with Crippen molar-refractivity contribution in [1.82, 2.24) is 14.7 Å². The molecule has 3 heterocycles. The van der Waals surface area contributed by atoms with E-state index in [9.17, 15) is 9.59 Å². The van der Waals surface area contributed by atoms with Crippen molar-refractivity contribution in [2.75, 3.05) is 32.7 Å². The number of hydrogen-bond donors (Lipinski definition) is 0. The van der Waals surface area contributed by atoms with Gasteiger partial charge >= 0.3 is 0 Å². The highest BCUT2D eigenvalue weighted by Gasteiger charge is 2.46. The van der Waals surface area contributed by atoms with E-state index < -0.39 is 0 Å². The molecule has 0 bridgehead atoms. The summed E-state index contributed by atoms with van der Waals surface area (Å²) in [6.45, 7) is 5.12. The zero-order chi connectivity index (χ0) is 20.6. The van der Waals surface area contributed by atoms with Crippen LogP contribution in [-0.4, -0.2) is 64.8 Å². The van der Waals surface area contributed by atoms with E-state index in [1.54, 1.807) is 5.56 Å². The predicted molar refractivity (Wildman–Crippen MR) is 117 cm³/mol. The van der Waals surface area contributed by atoms with Crippen LogP contribution in [0, 0.1) is 0 Å². The number of aryl methyl sites for hydroxylation is 2. The van der Waals surface area contributed by atoms with Gasteiger partial charge in [-0.25, -0.2) is 0 Å². The first-order valence-corrected chi connectivity index (χ1v) is 12.0. The number of hydrogen-bond acceptors (Lipinski definition) is 3. The van der Waals surface area contributed by atoms with Crippen LogP contribution in [-0.2, 0) is 29.0 Å². The normalized spacial score (nSPS) is 27.1. The third-order valence-electron chi connectivity index (χ3n) is 8.01. The summed E-state index contributed by atoms with van der Waals surface area (Å²) in [5.74, 6) is 0.344. The third kappa shape index (κ3) is 3.89. The molecule has 4 aliphatic rings. The number of carbonyl (C=O) groups excluding carboxylic acids is 2. The molecule has 2 amide bonds. The second-order valence-electron chi connectivity index (χ2n) is 9.88. The number of benzene rings is 1. The fraction of sp³-hybridized carbons (Fsp3) is 0.680. The molecule has 30 heavy (non-hydrogen) atoms. The maximum Gasteiger partial charge on any atom is 0.242 e. The molecule has 0 radical (unpaired) electrons. The van der Waals surface area contributed by atoms with Gasteiger partial charge in [0, 0.05) is 38.1 Å². The van der Waals surface area contributed by atoms with E-state index in [4.69, 9.17) is 0 Å². The van der Waals surface area contributed by atoms with E-state index in [1.165, 1.54) is 30.4 Å². The highest BCUT2D eigenvalue weighted by atomic mass is 16.2. The predicted octanol–water partition coefficient (Wildman–Crippen LogP) is 3.14. The van der Waals surface area contributed by atoms with E-state index in [0.717, 1.165) is 71.2 Å². The summed E-state index contributed by atoms with van der Waals surface area (Å²) in [6, 6.07) is 7.06. The third-order valence-corrected chi connectivity index (χ3v) is 8.01. The summed E-state index contributed by atoms with van der Waals surface area (Å²) in [5.41, 5.74) is 4.41. The Bertz CT molecular complexity index is 817. The topological polar surface area (TPSA) is 43.9 Å². The molecule has 3 aliphatic heterocycles. The van der Waals surface area contributed by atoms with Crippen LogP contribution in [0.1, 0.15) is 68.1 Å². The lowest BCUT2D eigenvalue weighted by Crippen LogP contribution is -2.51. The minimum absolute atomic E-state index is 0.0981. The van der Waals surface area contributed by atoms with Crippen LogP contribution < -0.4 is 0 Å². The van der Waals surface area contributed by atoms with E-state index in [-0.39, 0.29) is 17.4 Å². The molecule has 3 fully saturated rings.